The number of aromatic nitrogens is 2. The van der Waals surface area contributed by atoms with Gasteiger partial charge in [-0.15, -0.1) is 0 Å². The number of alkyl halides is 3. The number of fused-ring (bicyclic) bond motifs is 1. The lowest BCUT2D eigenvalue weighted by atomic mass is 9.98. The molecule has 4 rings (SSSR count). The van der Waals surface area contributed by atoms with Gasteiger partial charge in [0.25, 0.3) is 5.91 Å². The second-order valence-electron chi connectivity index (χ2n) is 9.51. The van der Waals surface area contributed by atoms with Gasteiger partial charge in [-0.3, -0.25) is 9.78 Å². The minimum absolute atomic E-state index is 0.0145. The predicted octanol–water partition coefficient (Wildman–Crippen LogP) is 4.94. The van der Waals surface area contributed by atoms with E-state index in [1.807, 2.05) is 0 Å². The first-order valence-electron chi connectivity index (χ1n) is 13.2. The average molecular weight is 529 g/mol. The largest absolute Gasteiger partial charge is 0.417 e. The molecular weight excluding hydrogens is 493 g/mol. The first-order valence-corrected chi connectivity index (χ1v) is 13.2. The topological polar surface area (TPSA) is 82.2 Å². The van der Waals surface area contributed by atoms with Gasteiger partial charge in [-0.1, -0.05) is 19.9 Å². The van der Waals surface area contributed by atoms with Gasteiger partial charge in [0.2, 0.25) is 0 Å². The molecule has 1 aliphatic heterocycles. The number of piperidine rings is 1. The fraction of sp³-hybridized carbons (Fsp3) is 0.464. The van der Waals surface area contributed by atoms with Crippen LogP contribution >= 0.6 is 0 Å². The number of carbonyl (C=O) groups is 1. The van der Waals surface area contributed by atoms with Gasteiger partial charge in [-0.05, 0) is 76.3 Å². The van der Waals surface area contributed by atoms with E-state index in [9.17, 15) is 18.0 Å². The number of amides is 1. The maximum Gasteiger partial charge on any atom is 0.417 e. The van der Waals surface area contributed by atoms with Crippen molar-refractivity contribution < 1.29 is 18.0 Å². The summed E-state index contributed by atoms with van der Waals surface area (Å²) in [6, 6.07) is 7.00. The molecule has 3 aromatic rings. The number of nitrogens with zero attached hydrogens (tertiary/aromatic N) is 3. The van der Waals surface area contributed by atoms with Gasteiger partial charge in [0.15, 0.2) is 0 Å². The lowest BCUT2D eigenvalue weighted by molar-refractivity contribution is -0.137. The number of nitrogens with one attached hydrogen (secondary N) is 3. The Labute approximate surface area is 221 Å². The molecule has 3 N–H and O–H groups in total. The maximum atomic E-state index is 14.2. The first kappa shape index (κ1) is 27.8. The molecule has 1 saturated heterocycles. The van der Waals surface area contributed by atoms with E-state index in [0.717, 1.165) is 63.4 Å². The molecule has 1 amide bonds. The summed E-state index contributed by atoms with van der Waals surface area (Å²) in [6.45, 7) is 9.29. The third kappa shape index (κ3) is 6.79. The normalized spacial score (nSPS) is 14.7. The number of carbonyl (C=O) groups excluding carboxylic acids is 1. The summed E-state index contributed by atoms with van der Waals surface area (Å²) in [5.41, 5.74) is 0.444. The van der Waals surface area contributed by atoms with E-state index >= 15 is 0 Å². The molecule has 0 saturated carbocycles. The molecule has 0 atom stereocenters. The summed E-state index contributed by atoms with van der Waals surface area (Å²) in [4.78, 5) is 23.8. The minimum atomic E-state index is -4.66. The number of hydrogen-bond donors (Lipinski definition) is 3. The van der Waals surface area contributed by atoms with Crippen molar-refractivity contribution in [2.24, 2.45) is 0 Å². The van der Waals surface area contributed by atoms with E-state index in [0.29, 0.717) is 17.7 Å². The number of halogens is 3. The Balaban J connectivity index is 1.64. The van der Waals surface area contributed by atoms with Gasteiger partial charge >= 0.3 is 6.18 Å². The van der Waals surface area contributed by atoms with Crippen LogP contribution in [0.25, 0.3) is 22.2 Å². The van der Waals surface area contributed by atoms with E-state index in [2.05, 4.69) is 44.7 Å². The molecule has 3 heterocycles. The highest BCUT2D eigenvalue weighted by atomic mass is 19.4. The Kier molecular flexibility index (Phi) is 9.17. The molecular formula is C28H35F3N6O. The number of benzene rings is 1. The molecule has 0 spiro atoms. The second kappa shape index (κ2) is 12.5. The van der Waals surface area contributed by atoms with Crippen molar-refractivity contribution in [3.8, 4) is 11.3 Å². The van der Waals surface area contributed by atoms with E-state index in [4.69, 9.17) is 0 Å². The fourth-order valence-electron chi connectivity index (χ4n) is 4.80. The van der Waals surface area contributed by atoms with Crippen LogP contribution < -0.4 is 16.0 Å². The summed E-state index contributed by atoms with van der Waals surface area (Å²) in [5.74, 6) is -0.498. The third-order valence-corrected chi connectivity index (χ3v) is 7.01. The highest BCUT2D eigenvalue weighted by molar-refractivity contribution is 5.96. The van der Waals surface area contributed by atoms with Crippen molar-refractivity contribution in [2.45, 2.75) is 45.3 Å². The van der Waals surface area contributed by atoms with Gasteiger partial charge in [0, 0.05) is 47.2 Å². The molecule has 1 aliphatic rings. The van der Waals surface area contributed by atoms with Crippen LogP contribution in [0.1, 0.15) is 49.0 Å². The molecule has 0 unspecified atom stereocenters. The summed E-state index contributed by atoms with van der Waals surface area (Å²) in [7, 11) is 0. The lowest BCUT2D eigenvalue weighted by Gasteiger charge is -2.24. The van der Waals surface area contributed by atoms with E-state index < -0.39 is 17.6 Å². The molecule has 2 aromatic heterocycles. The van der Waals surface area contributed by atoms with Gasteiger partial charge in [-0.25, -0.2) is 4.98 Å². The fourth-order valence-corrected chi connectivity index (χ4v) is 4.80. The summed E-state index contributed by atoms with van der Waals surface area (Å²) >= 11 is 0. The standard InChI is InChI=1S/C28H35F3N6O/c1-3-37(4-2)15-5-11-34-25-17-26(36-24-10-14-33-18-22(24)25)21-7-6-19(16-23(21)28(29,30)31)27(38)35-20-8-12-32-13-9-20/h6-7,10,14,16-18,20,32H,3-5,8-9,11-13,15H2,1-2H3,(H,34,36)(H,35,38). The van der Waals surface area contributed by atoms with E-state index in [1.54, 1.807) is 24.5 Å². The average Bonchev–Trinajstić information content (AvgIpc) is 2.92. The molecule has 1 aromatic carbocycles. The van der Waals surface area contributed by atoms with Crippen molar-refractivity contribution in [3.05, 3.63) is 53.9 Å². The van der Waals surface area contributed by atoms with Crippen LogP contribution in [0.2, 0.25) is 0 Å². The number of anilines is 1. The van der Waals surface area contributed by atoms with E-state index in [-0.39, 0.29) is 22.9 Å². The van der Waals surface area contributed by atoms with Crippen LogP contribution in [0.5, 0.6) is 0 Å². The van der Waals surface area contributed by atoms with Crippen molar-refractivity contribution in [2.75, 3.05) is 44.6 Å². The highest BCUT2D eigenvalue weighted by Gasteiger charge is 2.35. The lowest BCUT2D eigenvalue weighted by Crippen LogP contribution is -2.42. The molecule has 10 heteroatoms. The zero-order valence-corrected chi connectivity index (χ0v) is 21.9. The SMILES string of the molecule is CCN(CC)CCCNc1cc(-c2ccc(C(=O)NC3CCNCC3)cc2C(F)(F)F)nc2ccncc12. The van der Waals surface area contributed by atoms with Crippen LogP contribution in [0.15, 0.2) is 42.7 Å². The Morgan fingerprint density at radius 3 is 2.61 bits per heavy atom. The predicted molar refractivity (Wildman–Crippen MR) is 144 cm³/mol. The van der Waals surface area contributed by atoms with Crippen molar-refractivity contribution in [1.82, 2.24) is 25.5 Å². The maximum absolute atomic E-state index is 14.2. The molecule has 38 heavy (non-hydrogen) atoms. The molecule has 1 fully saturated rings. The van der Waals surface area contributed by atoms with Gasteiger partial charge in [0.1, 0.15) is 0 Å². The molecule has 0 aliphatic carbocycles. The molecule has 7 nitrogen and oxygen atoms in total. The van der Waals surface area contributed by atoms with Crippen molar-refractivity contribution >= 4 is 22.5 Å². The number of rotatable bonds is 10. The Morgan fingerprint density at radius 2 is 1.89 bits per heavy atom. The summed E-state index contributed by atoms with van der Waals surface area (Å²) in [5, 5.41) is 10.2. The van der Waals surface area contributed by atoms with Crippen LogP contribution in [0.4, 0.5) is 18.9 Å². The number of hydrogen-bond acceptors (Lipinski definition) is 6. The van der Waals surface area contributed by atoms with Crippen LogP contribution in [0.3, 0.4) is 0 Å². The zero-order valence-electron chi connectivity index (χ0n) is 21.9. The summed E-state index contributed by atoms with van der Waals surface area (Å²) in [6.07, 6.45) is 0.954. The smallest absolute Gasteiger partial charge is 0.384 e. The Morgan fingerprint density at radius 1 is 1.13 bits per heavy atom. The van der Waals surface area contributed by atoms with Crippen molar-refractivity contribution in [3.63, 3.8) is 0 Å². The van der Waals surface area contributed by atoms with Gasteiger partial charge < -0.3 is 20.9 Å². The van der Waals surface area contributed by atoms with Crippen LogP contribution in [-0.4, -0.2) is 66.1 Å². The highest BCUT2D eigenvalue weighted by Crippen LogP contribution is 2.39. The van der Waals surface area contributed by atoms with Gasteiger partial charge in [0.05, 0.1) is 16.8 Å². The first-order chi connectivity index (χ1) is 18.3. The number of pyridine rings is 2. The van der Waals surface area contributed by atoms with E-state index in [1.165, 1.54) is 12.1 Å². The van der Waals surface area contributed by atoms with Crippen LogP contribution in [-0.2, 0) is 6.18 Å². The minimum Gasteiger partial charge on any atom is -0.384 e. The molecule has 0 radical (unpaired) electrons. The monoisotopic (exact) mass is 528 g/mol. The third-order valence-electron chi connectivity index (χ3n) is 7.01. The quantitative estimate of drug-likeness (QED) is 0.324. The Hall–Kier alpha value is -3.24. The molecule has 204 valence electrons. The van der Waals surface area contributed by atoms with Gasteiger partial charge in [-0.2, -0.15) is 13.2 Å². The zero-order chi connectivity index (χ0) is 27.1. The van der Waals surface area contributed by atoms with Crippen LogP contribution in [0, 0.1) is 0 Å². The summed E-state index contributed by atoms with van der Waals surface area (Å²) < 4.78 is 42.7. The van der Waals surface area contributed by atoms with Crippen molar-refractivity contribution in [1.29, 1.82) is 0 Å². The second-order valence-corrected chi connectivity index (χ2v) is 9.51. The Bertz CT molecular complexity index is 1240. The molecule has 0 bridgehead atoms.